The van der Waals surface area contributed by atoms with Crippen LogP contribution >= 0.6 is 11.3 Å². The molecule has 0 bridgehead atoms. The molecule has 204 valence electrons. The van der Waals surface area contributed by atoms with Crippen molar-refractivity contribution < 1.29 is 26.7 Å². The Labute approximate surface area is 227 Å². The quantitative estimate of drug-likeness (QED) is 0.219. The molecule has 4 N–H and O–H groups in total. The predicted octanol–water partition coefficient (Wildman–Crippen LogP) is 5.57. The minimum absolute atomic E-state index is 0.132. The van der Waals surface area contributed by atoms with Gasteiger partial charge in [-0.1, -0.05) is 12.1 Å². The monoisotopic (exact) mass is 571 g/mol. The largest absolute Gasteiger partial charge is 0.434 e. The number of nitrogens with two attached hydrogens (primary N) is 1. The van der Waals surface area contributed by atoms with Gasteiger partial charge in [-0.3, -0.25) is 4.79 Å². The molecule has 0 aliphatic rings. The number of nitrogen functional groups attached to an aromatic ring is 1. The van der Waals surface area contributed by atoms with E-state index in [0.717, 1.165) is 27.5 Å². The average Bonchev–Trinajstić information content (AvgIpc) is 3.41. The molecule has 0 saturated heterocycles. The molecule has 0 unspecified atom stereocenters. The Hall–Kier alpha value is -4.72. The molecule has 0 saturated carbocycles. The van der Waals surface area contributed by atoms with E-state index in [9.17, 15) is 26.7 Å². The topological polar surface area (TPSA) is 119 Å². The summed E-state index contributed by atoms with van der Waals surface area (Å²) in [6, 6.07) is 12.3. The highest BCUT2D eigenvalue weighted by Gasteiger charge is 2.34. The van der Waals surface area contributed by atoms with Crippen LogP contribution in [0.4, 0.5) is 33.6 Å². The summed E-state index contributed by atoms with van der Waals surface area (Å²) >= 11 is 1.41. The number of carbonyl (C=O) groups excluding carboxylic acids is 1. The summed E-state index contributed by atoms with van der Waals surface area (Å²) in [5.74, 6) is -3.00. The van der Waals surface area contributed by atoms with E-state index in [4.69, 9.17) is 5.73 Å². The summed E-state index contributed by atoms with van der Waals surface area (Å²) in [5.41, 5.74) is 5.78. The second kappa shape index (κ2) is 10.8. The number of anilines is 2. The van der Waals surface area contributed by atoms with Crippen LogP contribution in [0.2, 0.25) is 0 Å². The fourth-order valence-corrected chi connectivity index (χ4v) is 4.70. The second-order valence-corrected chi connectivity index (χ2v) is 9.66. The molecular formula is C26H18F5N7OS. The van der Waals surface area contributed by atoms with Crippen molar-refractivity contribution in [2.45, 2.75) is 19.3 Å². The maximum absolute atomic E-state index is 13.5. The van der Waals surface area contributed by atoms with E-state index >= 15 is 0 Å². The van der Waals surface area contributed by atoms with Gasteiger partial charge >= 0.3 is 6.18 Å². The van der Waals surface area contributed by atoms with Crippen molar-refractivity contribution in [2.24, 2.45) is 0 Å². The third-order valence-corrected chi connectivity index (χ3v) is 6.89. The van der Waals surface area contributed by atoms with Crippen molar-refractivity contribution in [3.8, 4) is 10.4 Å². The van der Waals surface area contributed by atoms with Gasteiger partial charge in [-0.15, -0.1) is 11.3 Å². The zero-order valence-electron chi connectivity index (χ0n) is 20.3. The van der Waals surface area contributed by atoms with Crippen LogP contribution in [0.1, 0.15) is 26.6 Å². The fraction of sp³-hybridized carbons (Fsp3) is 0.115. The lowest BCUT2D eigenvalue weighted by Crippen LogP contribution is -2.27. The Balaban J connectivity index is 1.34. The van der Waals surface area contributed by atoms with Crippen molar-refractivity contribution in [2.75, 3.05) is 11.1 Å². The lowest BCUT2D eigenvalue weighted by atomic mass is 10.1. The number of alkyl halides is 3. The number of benzene rings is 2. The van der Waals surface area contributed by atoms with Gasteiger partial charge in [0.2, 0.25) is 0 Å². The molecular weight excluding hydrogens is 553 g/mol. The first-order valence-corrected chi connectivity index (χ1v) is 12.4. The van der Waals surface area contributed by atoms with Crippen LogP contribution in [-0.4, -0.2) is 25.8 Å². The van der Waals surface area contributed by atoms with Gasteiger partial charge in [0.05, 0.1) is 18.3 Å². The molecule has 8 nitrogen and oxygen atoms in total. The number of rotatable bonds is 7. The smallest absolute Gasteiger partial charge is 0.383 e. The van der Waals surface area contributed by atoms with Gasteiger partial charge in [-0.2, -0.15) is 13.2 Å². The summed E-state index contributed by atoms with van der Waals surface area (Å²) in [5, 5.41) is 5.94. The van der Waals surface area contributed by atoms with Gasteiger partial charge < -0.3 is 16.4 Å². The van der Waals surface area contributed by atoms with Crippen LogP contribution in [0.15, 0.2) is 61.1 Å². The van der Waals surface area contributed by atoms with Gasteiger partial charge in [0, 0.05) is 21.7 Å². The Morgan fingerprint density at radius 1 is 0.950 bits per heavy atom. The molecule has 0 spiro atoms. The van der Waals surface area contributed by atoms with Gasteiger partial charge in [-0.05, 0) is 47.5 Å². The molecule has 0 aliphatic carbocycles. The summed E-state index contributed by atoms with van der Waals surface area (Å²) in [6.07, 6.45) is -2.93. The van der Waals surface area contributed by atoms with Crippen LogP contribution in [0.3, 0.4) is 0 Å². The number of aromatic nitrogens is 4. The number of nitrogens with zero attached hydrogens (tertiary/aromatic N) is 4. The number of thiophene rings is 1. The SMILES string of the molecule is Nc1ncnc2ccc(-c3ccc(CNc4ncc(C(F)(F)F)nc4C(=O)NCc4ccc(F)c(F)c4)s3)cc12. The Bertz CT molecular complexity index is 1720. The van der Waals surface area contributed by atoms with Crippen LogP contribution in [0, 0.1) is 11.6 Å². The van der Waals surface area contributed by atoms with E-state index in [1.165, 1.54) is 23.7 Å². The van der Waals surface area contributed by atoms with E-state index in [-0.39, 0.29) is 24.5 Å². The van der Waals surface area contributed by atoms with Crippen molar-refractivity contribution in [1.82, 2.24) is 25.3 Å². The molecule has 0 fully saturated rings. The highest BCUT2D eigenvalue weighted by Crippen LogP contribution is 2.32. The minimum Gasteiger partial charge on any atom is -0.383 e. The third-order valence-electron chi connectivity index (χ3n) is 5.76. The molecule has 1 amide bonds. The molecule has 14 heteroatoms. The van der Waals surface area contributed by atoms with Crippen LogP contribution in [0.25, 0.3) is 21.3 Å². The number of hydrogen-bond donors (Lipinski definition) is 3. The summed E-state index contributed by atoms with van der Waals surface area (Å²) in [7, 11) is 0. The molecule has 0 aliphatic heterocycles. The molecule has 3 heterocycles. The van der Waals surface area contributed by atoms with Crippen LogP contribution in [-0.2, 0) is 19.3 Å². The first kappa shape index (κ1) is 26.9. The first-order chi connectivity index (χ1) is 19.1. The lowest BCUT2D eigenvalue weighted by Gasteiger charge is -2.13. The zero-order valence-corrected chi connectivity index (χ0v) is 21.1. The van der Waals surface area contributed by atoms with Crippen molar-refractivity contribution in [3.63, 3.8) is 0 Å². The molecule has 5 rings (SSSR count). The molecule has 3 aromatic heterocycles. The lowest BCUT2D eigenvalue weighted by molar-refractivity contribution is -0.141. The van der Waals surface area contributed by atoms with E-state index in [1.807, 2.05) is 30.3 Å². The second-order valence-electron chi connectivity index (χ2n) is 8.49. The van der Waals surface area contributed by atoms with Crippen molar-refractivity contribution in [1.29, 1.82) is 0 Å². The average molecular weight is 572 g/mol. The van der Waals surface area contributed by atoms with Gasteiger partial charge in [0.25, 0.3) is 5.91 Å². The maximum Gasteiger partial charge on any atom is 0.434 e. The molecule has 40 heavy (non-hydrogen) atoms. The number of nitrogens with one attached hydrogen (secondary N) is 2. The number of hydrogen-bond acceptors (Lipinski definition) is 8. The standard InChI is InChI=1S/C26H18F5N7OS/c27-17-4-1-13(7-18(17)28)9-35-25(39)22-24(34-11-21(38-22)26(29,30)31)33-10-15-3-6-20(40-15)14-2-5-19-16(8-14)23(32)37-12-36-19/h1-8,11-12H,9-10H2,(H,33,34)(H,35,39)(H2,32,36,37). The Kier molecular flexibility index (Phi) is 7.26. The summed E-state index contributed by atoms with van der Waals surface area (Å²) in [4.78, 5) is 29.9. The number of carbonyl (C=O) groups is 1. The molecule has 5 aromatic rings. The van der Waals surface area contributed by atoms with Gasteiger partial charge in [0.15, 0.2) is 28.8 Å². The Morgan fingerprint density at radius 2 is 1.77 bits per heavy atom. The Morgan fingerprint density at radius 3 is 2.55 bits per heavy atom. The number of amides is 1. The van der Waals surface area contributed by atoms with Gasteiger partial charge in [0.1, 0.15) is 12.1 Å². The van der Waals surface area contributed by atoms with Crippen molar-refractivity contribution in [3.05, 3.63) is 94.5 Å². The van der Waals surface area contributed by atoms with E-state index in [0.29, 0.717) is 22.9 Å². The molecule has 2 aromatic carbocycles. The number of halogens is 5. The van der Waals surface area contributed by atoms with E-state index in [1.54, 1.807) is 0 Å². The van der Waals surface area contributed by atoms with Crippen LogP contribution in [0.5, 0.6) is 0 Å². The van der Waals surface area contributed by atoms with E-state index in [2.05, 4.69) is 30.6 Å². The number of fused-ring (bicyclic) bond motifs is 1. The minimum atomic E-state index is -4.84. The molecule has 0 atom stereocenters. The predicted molar refractivity (Wildman–Crippen MR) is 139 cm³/mol. The summed E-state index contributed by atoms with van der Waals surface area (Å²) in [6.45, 7) is -0.143. The molecule has 0 radical (unpaired) electrons. The maximum atomic E-state index is 13.5. The normalized spacial score (nSPS) is 11.5. The third kappa shape index (κ3) is 5.81. The van der Waals surface area contributed by atoms with Crippen molar-refractivity contribution >= 4 is 39.8 Å². The van der Waals surface area contributed by atoms with Crippen LogP contribution < -0.4 is 16.4 Å². The first-order valence-electron chi connectivity index (χ1n) is 11.6. The highest BCUT2D eigenvalue weighted by atomic mass is 32.1. The van der Waals surface area contributed by atoms with Gasteiger partial charge in [-0.25, -0.2) is 28.7 Å². The highest BCUT2D eigenvalue weighted by molar-refractivity contribution is 7.15. The fourth-order valence-electron chi connectivity index (χ4n) is 3.76. The van der Waals surface area contributed by atoms with E-state index < -0.39 is 35.1 Å². The zero-order chi connectivity index (χ0) is 28.4. The summed E-state index contributed by atoms with van der Waals surface area (Å²) < 4.78 is 66.5.